The average molecular weight is 174 g/mol. The van der Waals surface area contributed by atoms with E-state index in [4.69, 9.17) is 0 Å². The van der Waals surface area contributed by atoms with Crippen LogP contribution in [0.25, 0.3) is 0 Å². The minimum atomic E-state index is 0.0378. The van der Waals surface area contributed by atoms with Crippen LogP contribution in [0.15, 0.2) is 30.3 Å². The van der Waals surface area contributed by atoms with Gasteiger partial charge in [0.2, 0.25) is 0 Å². The molecule has 0 atom stereocenters. The number of hydrogen-bond donors (Lipinski definition) is 0. The molecule has 0 radical (unpaired) electrons. The first-order valence-electron chi connectivity index (χ1n) is 4.28. The van der Waals surface area contributed by atoms with Gasteiger partial charge in [-0.25, -0.2) is 0 Å². The van der Waals surface area contributed by atoms with E-state index in [1.807, 2.05) is 18.2 Å². The van der Waals surface area contributed by atoms with Gasteiger partial charge in [-0.1, -0.05) is 30.3 Å². The molecule has 0 unspecified atom stereocenters. The van der Waals surface area contributed by atoms with Crippen molar-refractivity contribution in [2.24, 2.45) is 0 Å². The highest BCUT2D eigenvalue weighted by Crippen LogP contribution is 2.04. The van der Waals surface area contributed by atoms with E-state index in [9.17, 15) is 9.59 Å². The molecule has 0 saturated heterocycles. The topological polar surface area (TPSA) is 34.1 Å². The SMILES string of the molecule is BC(=O)CCC(=O)c1ccccc1. The van der Waals surface area contributed by atoms with Gasteiger partial charge in [-0.15, -0.1) is 0 Å². The van der Waals surface area contributed by atoms with E-state index in [0.29, 0.717) is 18.4 Å². The van der Waals surface area contributed by atoms with Gasteiger partial charge in [0.05, 0.1) is 5.68 Å². The highest BCUT2D eigenvalue weighted by molar-refractivity contribution is 6.57. The Balaban J connectivity index is 2.54. The quantitative estimate of drug-likeness (QED) is 0.499. The summed E-state index contributed by atoms with van der Waals surface area (Å²) in [6.45, 7) is 0. The molecule has 1 rings (SSSR count). The van der Waals surface area contributed by atoms with Gasteiger partial charge in [-0.3, -0.25) is 4.79 Å². The lowest BCUT2D eigenvalue weighted by atomic mass is 9.95. The molecule has 0 heterocycles. The van der Waals surface area contributed by atoms with Crippen molar-refractivity contribution >= 4 is 19.3 Å². The summed E-state index contributed by atoms with van der Waals surface area (Å²) < 4.78 is 0. The van der Waals surface area contributed by atoms with Gasteiger partial charge in [-0.05, 0) is 0 Å². The summed E-state index contributed by atoms with van der Waals surface area (Å²) in [6, 6.07) is 9.04. The molecule has 0 spiro atoms. The molecule has 1 aromatic rings. The molecule has 0 aromatic heterocycles. The van der Waals surface area contributed by atoms with Gasteiger partial charge < -0.3 is 4.79 Å². The predicted molar refractivity (Wildman–Crippen MR) is 53.6 cm³/mol. The normalized spacial score (nSPS) is 9.54. The van der Waals surface area contributed by atoms with Crippen LogP contribution in [0, 0.1) is 0 Å². The molecular formula is C10H11BO2. The molecule has 0 aliphatic carbocycles. The first-order chi connectivity index (χ1) is 6.20. The fourth-order valence-electron chi connectivity index (χ4n) is 1.06. The fourth-order valence-corrected chi connectivity index (χ4v) is 1.06. The Labute approximate surface area is 78.4 Å². The van der Waals surface area contributed by atoms with Crippen molar-refractivity contribution in [3.63, 3.8) is 0 Å². The molecule has 0 aliphatic heterocycles. The molecule has 0 bridgehead atoms. The highest BCUT2D eigenvalue weighted by atomic mass is 16.1. The van der Waals surface area contributed by atoms with Crippen LogP contribution in [-0.4, -0.2) is 19.3 Å². The highest BCUT2D eigenvalue weighted by Gasteiger charge is 2.05. The largest absolute Gasteiger partial charge is 0.312 e. The number of ketones is 1. The zero-order valence-corrected chi connectivity index (χ0v) is 7.62. The summed E-state index contributed by atoms with van der Waals surface area (Å²) >= 11 is 0. The lowest BCUT2D eigenvalue weighted by Gasteiger charge is -1.97. The van der Waals surface area contributed by atoms with Crippen LogP contribution < -0.4 is 0 Å². The van der Waals surface area contributed by atoms with Crippen molar-refractivity contribution in [2.75, 3.05) is 0 Å². The molecule has 0 amide bonds. The Bertz CT molecular complexity index is 306. The van der Waals surface area contributed by atoms with Crippen LogP contribution in [0.4, 0.5) is 0 Å². The smallest absolute Gasteiger partial charge is 0.187 e. The third-order valence-corrected chi connectivity index (χ3v) is 1.80. The molecule has 0 saturated carbocycles. The minimum Gasteiger partial charge on any atom is -0.312 e. The van der Waals surface area contributed by atoms with Crippen molar-refractivity contribution in [3.8, 4) is 0 Å². The van der Waals surface area contributed by atoms with Crippen molar-refractivity contribution in [2.45, 2.75) is 12.8 Å². The molecule has 2 nitrogen and oxygen atoms in total. The Kier molecular flexibility index (Phi) is 3.44. The van der Waals surface area contributed by atoms with Crippen LogP contribution >= 0.6 is 0 Å². The fraction of sp³-hybridized carbons (Fsp3) is 0.200. The van der Waals surface area contributed by atoms with E-state index >= 15 is 0 Å². The Hall–Kier alpha value is -1.38. The second-order valence-electron chi connectivity index (χ2n) is 2.99. The van der Waals surface area contributed by atoms with Gasteiger partial charge in [0.1, 0.15) is 0 Å². The zero-order valence-electron chi connectivity index (χ0n) is 7.62. The van der Waals surface area contributed by atoms with Crippen LogP contribution in [-0.2, 0) is 4.79 Å². The number of hydrogen-bond acceptors (Lipinski definition) is 2. The molecule has 13 heavy (non-hydrogen) atoms. The van der Waals surface area contributed by atoms with E-state index in [-0.39, 0.29) is 11.5 Å². The third kappa shape index (κ3) is 3.24. The summed E-state index contributed by atoms with van der Waals surface area (Å²) in [5.74, 6) is 0.0378. The second kappa shape index (κ2) is 4.60. The second-order valence-corrected chi connectivity index (χ2v) is 2.99. The first kappa shape index (κ1) is 9.71. The van der Waals surface area contributed by atoms with Gasteiger partial charge in [0.15, 0.2) is 13.6 Å². The number of carbonyl (C=O) groups excluding carboxylic acids is 2. The van der Waals surface area contributed by atoms with Crippen molar-refractivity contribution in [1.29, 1.82) is 0 Å². The van der Waals surface area contributed by atoms with E-state index < -0.39 is 0 Å². The Morgan fingerprint density at radius 1 is 1.08 bits per heavy atom. The zero-order chi connectivity index (χ0) is 9.68. The van der Waals surface area contributed by atoms with Gasteiger partial charge in [-0.2, -0.15) is 0 Å². The maximum absolute atomic E-state index is 11.4. The van der Waals surface area contributed by atoms with E-state index in [1.165, 1.54) is 7.85 Å². The maximum Gasteiger partial charge on any atom is 0.187 e. The van der Waals surface area contributed by atoms with Crippen LogP contribution in [0.1, 0.15) is 23.2 Å². The predicted octanol–water partition coefficient (Wildman–Crippen LogP) is 0.809. The molecular weight excluding hydrogens is 163 g/mol. The summed E-state index contributed by atoms with van der Waals surface area (Å²) in [7, 11) is 1.50. The summed E-state index contributed by atoms with van der Waals surface area (Å²) in [5, 5.41) is 0. The van der Waals surface area contributed by atoms with Crippen molar-refractivity contribution in [3.05, 3.63) is 35.9 Å². The average Bonchev–Trinajstić information content (AvgIpc) is 2.15. The summed E-state index contributed by atoms with van der Waals surface area (Å²) in [5.41, 5.74) is 0.744. The maximum atomic E-state index is 11.4. The van der Waals surface area contributed by atoms with Crippen LogP contribution in [0.3, 0.4) is 0 Å². The van der Waals surface area contributed by atoms with Crippen LogP contribution in [0.5, 0.6) is 0 Å². The minimum absolute atomic E-state index is 0.0378. The molecule has 66 valence electrons. The number of carbonyl (C=O) groups is 2. The standard InChI is InChI=1S/C10H11BO2/c11-10(13)7-6-9(12)8-4-2-1-3-5-8/h1-5H,6-7,11H2. The van der Waals surface area contributed by atoms with Crippen molar-refractivity contribution in [1.82, 2.24) is 0 Å². The monoisotopic (exact) mass is 174 g/mol. The summed E-state index contributed by atoms with van der Waals surface area (Å²) in [4.78, 5) is 22.0. The molecule has 0 aliphatic rings. The Morgan fingerprint density at radius 3 is 2.23 bits per heavy atom. The van der Waals surface area contributed by atoms with Crippen LogP contribution in [0.2, 0.25) is 0 Å². The van der Waals surface area contributed by atoms with E-state index in [0.717, 1.165) is 0 Å². The van der Waals surface area contributed by atoms with E-state index in [2.05, 4.69) is 0 Å². The first-order valence-corrected chi connectivity index (χ1v) is 4.28. The van der Waals surface area contributed by atoms with Gasteiger partial charge in [0.25, 0.3) is 0 Å². The lowest BCUT2D eigenvalue weighted by molar-refractivity contribution is -0.111. The number of Topliss-reactive ketones (excluding diaryl/α,β-unsaturated/α-hetero) is 1. The number of rotatable bonds is 4. The summed E-state index contributed by atoms with van der Waals surface area (Å²) in [6.07, 6.45) is 0.660. The van der Waals surface area contributed by atoms with E-state index in [1.54, 1.807) is 12.1 Å². The molecule has 0 fully saturated rings. The van der Waals surface area contributed by atoms with Crippen molar-refractivity contribution < 1.29 is 9.59 Å². The molecule has 1 aromatic carbocycles. The number of benzene rings is 1. The molecule has 3 heteroatoms. The third-order valence-electron chi connectivity index (χ3n) is 1.80. The van der Waals surface area contributed by atoms with Gasteiger partial charge >= 0.3 is 0 Å². The lowest BCUT2D eigenvalue weighted by Crippen LogP contribution is -2.03. The Morgan fingerprint density at radius 2 is 1.69 bits per heavy atom. The molecule has 0 N–H and O–H groups in total. The van der Waals surface area contributed by atoms with Gasteiger partial charge in [0, 0.05) is 18.4 Å².